The highest BCUT2D eigenvalue weighted by Gasteiger charge is 2.25. The van der Waals surface area contributed by atoms with E-state index < -0.39 is 0 Å². The van der Waals surface area contributed by atoms with Crippen LogP contribution in [0.3, 0.4) is 0 Å². The highest BCUT2D eigenvalue weighted by Crippen LogP contribution is 2.29. The Morgan fingerprint density at radius 1 is 1.10 bits per heavy atom. The van der Waals surface area contributed by atoms with Crippen LogP contribution < -0.4 is 15.5 Å². The smallest absolute Gasteiger partial charge is 0.287 e. The third-order valence-electron chi connectivity index (χ3n) is 5.78. The lowest BCUT2D eigenvalue weighted by Crippen LogP contribution is -2.40. The summed E-state index contributed by atoms with van der Waals surface area (Å²) in [5.74, 6) is 2.05. The summed E-state index contributed by atoms with van der Waals surface area (Å²) in [4.78, 5) is 24.0. The molecule has 0 aromatic carbocycles. The fourth-order valence-electron chi connectivity index (χ4n) is 4.27. The van der Waals surface area contributed by atoms with Gasteiger partial charge in [0.25, 0.3) is 5.91 Å². The number of halogens is 1. The van der Waals surface area contributed by atoms with Crippen LogP contribution in [0.5, 0.6) is 0 Å². The van der Waals surface area contributed by atoms with E-state index in [2.05, 4.69) is 52.2 Å². The van der Waals surface area contributed by atoms with Gasteiger partial charge >= 0.3 is 0 Å². The standard InChI is InChI=1S/C21H28IN5O2/c1-27(2)19-15-5-3-4-6-16(15)25-21(26-19)24-14-9-7-13(8-10-14)23-20(28)17-11-12-18(22)29-17/h11-14H,3-10H2,1-2H3,(H,23,28)(H,24,25,26). The van der Waals surface area contributed by atoms with Crippen molar-refractivity contribution < 1.29 is 9.21 Å². The van der Waals surface area contributed by atoms with Gasteiger partial charge in [0, 0.05) is 31.7 Å². The normalized spacial score (nSPS) is 21.3. The van der Waals surface area contributed by atoms with E-state index >= 15 is 0 Å². The van der Waals surface area contributed by atoms with E-state index in [1.165, 1.54) is 24.1 Å². The number of nitrogens with zero attached hydrogens (tertiary/aromatic N) is 3. The molecule has 2 aromatic rings. The molecular weight excluding hydrogens is 481 g/mol. The van der Waals surface area contributed by atoms with Crippen LogP contribution >= 0.6 is 22.6 Å². The van der Waals surface area contributed by atoms with Gasteiger partial charge in [0.2, 0.25) is 5.95 Å². The van der Waals surface area contributed by atoms with Gasteiger partial charge in [-0.2, -0.15) is 4.98 Å². The third-order valence-corrected chi connectivity index (χ3v) is 6.36. The van der Waals surface area contributed by atoms with Crippen molar-refractivity contribution in [3.05, 3.63) is 32.9 Å². The summed E-state index contributed by atoms with van der Waals surface area (Å²) in [6.45, 7) is 0. The molecule has 0 spiro atoms. The molecule has 7 nitrogen and oxygen atoms in total. The zero-order valence-electron chi connectivity index (χ0n) is 17.0. The second-order valence-electron chi connectivity index (χ2n) is 8.17. The summed E-state index contributed by atoms with van der Waals surface area (Å²) in [6.07, 6.45) is 8.38. The monoisotopic (exact) mass is 509 g/mol. The zero-order valence-corrected chi connectivity index (χ0v) is 19.2. The summed E-state index contributed by atoms with van der Waals surface area (Å²) in [5, 5.41) is 6.65. The molecule has 0 radical (unpaired) electrons. The van der Waals surface area contributed by atoms with Crippen molar-refractivity contribution in [2.24, 2.45) is 0 Å². The van der Waals surface area contributed by atoms with Crippen molar-refractivity contribution in [3.8, 4) is 0 Å². The number of amides is 1. The molecule has 156 valence electrons. The minimum atomic E-state index is -0.127. The van der Waals surface area contributed by atoms with Crippen molar-refractivity contribution in [1.82, 2.24) is 15.3 Å². The minimum absolute atomic E-state index is 0.127. The molecule has 1 fully saturated rings. The maximum Gasteiger partial charge on any atom is 0.287 e. The number of carbonyl (C=O) groups is 1. The Morgan fingerprint density at radius 3 is 2.52 bits per heavy atom. The molecule has 2 N–H and O–H groups in total. The van der Waals surface area contributed by atoms with Crippen molar-refractivity contribution in [2.75, 3.05) is 24.3 Å². The van der Waals surface area contributed by atoms with Crippen molar-refractivity contribution in [2.45, 2.75) is 63.5 Å². The molecule has 8 heteroatoms. The Hall–Kier alpha value is -1.84. The first-order valence-electron chi connectivity index (χ1n) is 10.4. The Labute approximate surface area is 185 Å². The van der Waals surface area contributed by atoms with Gasteiger partial charge in [-0.05, 0) is 86.1 Å². The van der Waals surface area contributed by atoms with Crippen molar-refractivity contribution >= 4 is 40.3 Å². The lowest BCUT2D eigenvalue weighted by molar-refractivity contribution is 0.0897. The van der Waals surface area contributed by atoms with Crippen LogP contribution in [0.4, 0.5) is 11.8 Å². The highest BCUT2D eigenvalue weighted by atomic mass is 127. The van der Waals surface area contributed by atoms with E-state index in [1.54, 1.807) is 12.1 Å². The second-order valence-corrected chi connectivity index (χ2v) is 9.23. The molecule has 0 saturated heterocycles. The van der Waals surface area contributed by atoms with Gasteiger partial charge in [-0.1, -0.05) is 0 Å². The van der Waals surface area contributed by atoms with Gasteiger partial charge in [0.15, 0.2) is 9.53 Å². The summed E-state index contributed by atoms with van der Waals surface area (Å²) in [5.41, 5.74) is 2.51. The van der Waals surface area contributed by atoms with Crippen LogP contribution in [0.1, 0.15) is 60.3 Å². The number of carbonyl (C=O) groups excluding carboxylic acids is 1. The van der Waals surface area contributed by atoms with Crippen molar-refractivity contribution in [3.63, 3.8) is 0 Å². The number of fused-ring (bicyclic) bond motifs is 1. The minimum Gasteiger partial charge on any atom is -0.445 e. The third kappa shape index (κ3) is 4.84. The molecule has 0 bridgehead atoms. The molecule has 29 heavy (non-hydrogen) atoms. The topological polar surface area (TPSA) is 83.3 Å². The van der Waals surface area contributed by atoms with Gasteiger partial charge < -0.3 is 20.0 Å². The van der Waals surface area contributed by atoms with E-state index in [-0.39, 0.29) is 11.9 Å². The van der Waals surface area contributed by atoms with E-state index in [0.29, 0.717) is 11.8 Å². The van der Waals surface area contributed by atoms with Crippen LogP contribution in [0, 0.1) is 3.77 Å². The van der Waals surface area contributed by atoms with Gasteiger partial charge in [-0.15, -0.1) is 0 Å². The number of rotatable bonds is 5. The molecule has 0 unspecified atom stereocenters. The van der Waals surface area contributed by atoms with Crippen LogP contribution in [-0.2, 0) is 12.8 Å². The summed E-state index contributed by atoms with van der Waals surface area (Å²) in [7, 11) is 4.10. The number of nitrogens with one attached hydrogen (secondary N) is 2. The lowest BCUT2D eigenvalue weighted by atomic mass is 9.91. The maximum absolute atomic E-state index is 12.3. The van der Waals surface area contributed by atoms with E-state index in [1.807, 2.05) is 0 Å². The lowest BCUT2D eigenvalue weighted by Gasteiger charge is -2.30. The molecular formula is C21H28IN5O2. The summed E-state index contributed by atoms with van der Waals surface area (Å²) < 4.78 is 6.13. The number of furan rings is 1. The zero-order chi connectivity index (χ0) is 20.4. The number of hydrogen-bond donors (Lipinski definition) is 2. The number of anilines is 2. The molecule has 1 amide bonds. The second kappa shape index (κ2) is 8.89. The molecule has 2 aliphatic carbocycles. The molecule has 2 aliphatic rings. The largest absolute Gasteiger partial charge is 0.445 e. The fourth-order valence-corrected chi connectivity index (χ4v) is 4.68. The number of aryl methyl sites for hydroxylation is 1. The Bertz CT molecular complexity index is 874. The Morgan fingerprint density at radius 2 is 1.83 bits per heavy atom. The summed E-state index contributed by atoms with van der Waals surface area (Å²) in [6, 6.07) is 4.05. The molecule has 0 aliphatic heterocycles. The molecule has 4 rings (SSSR count). The molecule has 2 aromatic heterocycles. The first kappa shape index (κ1) is 20.4. The van der Waals surface area contributed by atoms with Crippen LogP contribution in [0.15, 0.2) is 16.5 Å². The van der Waals surface area contributed by atoms with Crippen LogP contribution in [-0.4, -0.2) is 42.1 Å². The van der Waals surface area contributed by atoms with E-state index in [9.17, 15) is 4.79 Å². The molecule has 0 atom stereocenters. The predicted octanol–water partition coefficient (Wildman–Crippen LogP) is 3.77. The number of hydrogen-bond acceptors (Lipinski definition) is 6. The summed E-state index contributed by atoms with van der Waals surface area (Å²) >= 11 is 2.07. The fraction of sp³-hybridized carbons (Fsp3) is 0.571. The van der Waals surface area contributed by atoms with E-state index in [4.69, 9.17) is 14.4 Å². The maximum atomic E-state index is 12.3. The first-order valence-corrected chi connectivity index (χ1v) is 11.5. The van der Waals surface area contributed by atoms with E-state index in [0.717, 1.165) is 54.1 Å². The Balaban J connectivity index is 1.35. The molecule has 1 saturated carbocycles. The van der Waals surface area contributed by atoms with Gasteiger partial charge in [-0.25, -0.2) is 4.98 Å². The average Bonchev–Trinajstić information content (AvgIpc) is 3.15. The van der Waals surface area contributed by atoms with Crippen LogP contribution in [0.25, 0.3) is 0 Å². The SMILES string of the molecule is CN(C)c1nc(NC2CCC(NC(=O)c3ccc(I)o3)CC2)nc2c1CCCC2. The Kier molecular flexibility index (Phi) is 6.26. The van der Waals surface area contributed by atoms with Gasteiger partial charge in [0.05, 0.1) is 5.69 Å². The van der Waals surface area contributed by atoms with Crippen molar-refractivity contribution in [1.29, 1.82) is 0 Å². The average molecular weight is 509 g/mol. The first-order chi connectivity index (χ1) is 14.0. The number of aromatic nitrogens is 2. The highest BCUT2D eigenvalue weighted by molar-refractivity contribution is 14.1. The quantitative estimate of drug-likeness (QED) is 0.598. The predicted molar refractivity (Wildman–Crippen MR) is 122 cm³/mol. The van der Waals surface area contributed by atoms with Gasteiger partial charge in [0.1, 0.15) is 5.82 Å². The van der Waals surface area contributed by atoms with Gasteiger partial charge in [-0.3, -0.25) is 4.79 Å². The molecule has 2 heterocycles. The van der Waals surface area contributed by atoms with Crippen LogP contribution in [0.2, 0.25) is 0 Å².